The highest BCUT2D eigenvalue weighted by atomic mass is 32.1. The zero-order valence-corrected chi connectivity index (χ0v) is 10.8. The van der Waals surface area contributed by atoms with Crippen molar-refractivity contribution < 1.29 is 14.3 Å². The molecule has 0 unspecified atom stereocenters. The third kappa shape index (κ3) is 2.34. The Morgan fingerprint density at radius 2 is 2.35 bits per heavy atom. The van der Waals surface area contributed by atoms with E-state index in [2.05, 4.69) is 0 Å². The first-order valence-electron chi connectivity index (χ1n) is 5.52. The lowest BCUT2D eigenvalue weighted by Gasteiger charge is -2.40. The fourth-order valence-corrected chi connectivity index (χ4v) is 2.59. The number of morpholine rings is 1. The lowest BCUT2D eigenvalue weighted by molar-refractivity contribution is -0.171. The largest absolute Gasteiger partial charge is 0.462 e. The number of ether oxygens (including phenoxy) is 1. The Kier molecular flexibility index (Phi) is 3.19. The van der Waals surface area contributed by atoms with Crippen LogP contribution in [0.3, 0.4) is 0 Å². The normalized spacial score (nSPS) is 18.9. The number of rotatable bonds is 2. The average Bonchev–Trinajstić information content (AvgIpc) is 2.74. The van der Waals surface area contributed by atoms with Gasteiger partial charge in [-0.2, -0.15) is 0 Å². The molecular formula is C12H15NO3S. The SMILES string of the molecule is CC1(C)C(=O)OCCN1C(=O)Cc1cccs1. The number of hydrogen-bond donors (Lipinski definition) is 0. The summed E-state index contributed by atoms with van der Waals surface area (Å²) in [5.74, 6) is -0.350. The molecule has 92 valence electrons. The van der Waals surface area contributed by atoms with Crippen LogP contribution in [0, 0.1) is 0 Å². The molecule has 1 fully saturated rings. The van der Waals surface area contributed by atoms with Gasteiger partial charge in [-0.1, -0.05) is 6.07 Å². The van der Waals surface area contributed by atoms with E-state index in [1.165, 1.54) is 0 Å². The van der Waals surface area contributed by atoms with Crippen LogP contribution in [-0.4, -0.2) is 35.5 Å². The molecule has 5 heteroatoms. The molecular weight excluding hydrogens is 238 g/mol. The van der Waals surface area contributed by atoms with Gasteiger partial charge in [-0.05, 0) is 25.3 Å². The van der Waals surface area contributed by atoms with E-state index < -0.39 is 5.54 Å². The van der Waals surface area contributed by atoms with Crippen molar-refractivity contribution >= 4 is 23.2 Å². The highest BCUT2D eigenvalue weighted by Crippen LogP contribution is 2.22. The Balaban J connectivity index is 2.10. The van der Waals surface area contributed by atoms with Gasteiger partial charge in [0.15, 0.2) is 0 Å². The van der Waals surface area contributed by atoms with Crippen LogP contribution in [0.15, 0.2) is 17.5 Å². The molecule has 1 aliphatic rings. The summed E-state index contributed by atoms with van der Waals surface area (Å²) in [6.07, 6.45) is 0.356. The van der Waals surface area contributed by atoms with Gasteiger partial charge in [0.1, 0.15) is 12.1 Å². The maximum absolute atomic E-state index is 12.2. The van der Waals surface area contributed by atoms with E-state index in [4.69, 9.17) is 4.74 Å². The van der Waals surface area contributed by atoms with Crippen LogP contribution in [0.1, 0.15) is 18.7 Å². The maximum Gasteiger partial charge on any atom is 0.331 e. The summed E-state index contributed by atoms with van der Waals surface area (Å²) in [6, 6.07) is 3.85. The van der Waals surface area contributed by atoms with Crippen LogP contribution in [0.25, 0.3) is 0 Å². The molecule has 0 atom stereocenters. The van der Waals surface area contributed by atoms with Crippen LogP contribution in [-0.2, 0) is 20.7 Å². The molecule has 1 aromatic rings. The number of hydrogen-bond acceptors (Lipinski definition) is 4. The van der Waals surface area contributed by atoms with E-state index in [1.54, 1.807) is 30.1 Å². The monoisotopic (exact) mass is 253 g/mol. The molecule has 2 heterocycles. The zero-order valence-electron chi connectivity index (χ0n) is 9.93. The topological polar surface area (TPSA) is 46.6 Å². The predicted octanol–water partition coefficient (Wildman–Crippen LogP) is 1.45. The summed E-state index contributed by atoms with van der Waals surface area (Å²) in [6.45, 7) is 4.21. The molecule has 1 aliphatic heterocycles. The van der Waals surface area contributed by atoms with Gasteiger partial charge in [-0.25, -0.2) is 4.79 Å². The first-order chi connectivity index (χ1) is 8.01. The lowest BCUT2D eigenvalue weighted by Crippen LogP contribution is -2.58. The van der Waals surface area contributed by atoms with Gasteiger partial charge < -0.3 is 9.64 Å². The van der Waals surface area contributed by atoms with E-state index in [0.717, 1.165) is 4.88 Å². The third-order valence-electron chi connectivity index (χ3n) is 2.93. The molecule has 0 bridgehead atoms. The van der Waals surface area contributed by atoms with Crippen molar-refractivity contribution in [3.63, 3.8) is 0 Å². The molecule has 0 spiro atoms. The van der Waals surface area contributed by atoms with Crippen molar-refractivity contribution in [2.75, 3.05) is 13.2 Å². The van der Waals surface area contributed by atoms with Gasteiger partial charge >= 0.3 is 5.97 Å². The fourth-order valence-electron chi connectivity index (χ4n) is 1.89. The fraction of sp³-hybridized carbons (Fsp3) is 0.500. The smallest absolute Gasteiger partial charge is 0.331 e. The van der Waals surface area contributed by atoms with Gasteiger partial charge in [0.25, 0.3) is 0 Å². The van der Waals surface area contributed by atoms with Crippen LogP contribution in [0.4, 0.5) is 0 Å². The second kappa shape index (κ2) is 4.49. The number of nitrogens with zero attached hydrogens (tertiary/aromatic N) is 1. The summed E-state index contributed by atoms with van der Waals surface area (Å²) in [5.41, 5.74) is -0.855. The number of carbonyl (C=O) groups excluding carboxylic acids is 2. The van der Waals surface area contributed by atoms with Crippen molar-refractivity contribution in [3.05, 3.63) is 22.4 Å². The van der Waals surface area contributed by atoms with Crippen molar-refractivity contribution in [1.82, 2.24) is 4.90 Å². The predicted molar refractivity (Wildman–Crippen MR) is 64.8 cm³/mol. The molecule has 2 rings (SSSR count). The Bertz CT molecular complexity index is 425. The Hall–Kier alpha value is -1.36. The van der Waals surface area contributed by atoms with Gasteiger partial charge in [0.2, 0.25) is 5.91 Å². The van der Waals surface area contributed by atoms with Gasteiger partial charge in [-0.3, -0.25) is 4.79 Å². The zero-order chi connectivity index (χ0) is 12.5. The molecule has 1 amide bonds. The molecule has 0 saturated carbocycles. The standard InChI is InChI=1S/C12H15NO3S/c1-12(2)11(15)16-6-5-13(12)10(14)8-9-4-3-7-17-9/h3-4,7H,5-6,8H2,1-2H3. The number of amides is 1. The van der Waals surface area contributed by atoms with E-state index in [9.17, 15) is 9.59 Å². The third-order valence-corrected chi connectivity index (χ3v) is 3.81. The number of thiophene rings is 1. The first-order valence-corrected chi connectivity index (χ1v) is 6.40. The Labute approximate surface area is 104 Å². The summed E-state index contributed by atoms with van der Waals surface area (Å²) in [5, 5.41) is 1.94. The van der Waals surface area contributed by atoms with E-state index in [-0.39, 0.29) is 11.9 Å². The molecule has 17 heavy (non-hydrogen) atoms. The van der Waals surface area contributed by atoms with Crippen LogP contribution >= 0.6 is 11.3 Å². The summed E-state index contributed by atoms with van der Waals surface area (Å²) in [4.78, 5) is 26.4. The van der Waals surface area contributed by atoms with Gasteiger partial charge in [0.05, 0.1) is 13.0 Å². The van der Waals surface area contributed by atoms with Gasteiger partial charge in [0, 0.05) is 4.88 Å². The lowest BCUT2D eigenvalue weighted by atomic mass is 10.0. The van der Waals surface area contributed by atoms with Crippen LogP contribution in [0.2, 0.25) is 0 Å². The number of carbonyl (C=O) groups is 2. The quantitative estimate of drug-likeness (QED) is 0.750. The number of esters is 1. The van der Waals surface area contributed by atoms with Gasteiger partial charge in [-0.15, -0.1) is 11.3 Å². The molecule has 1 aromatic heterocycles. The summed E-state index contributed by atoms with van der Waals surface area (Å²) < 4.78 is 4.98. The average molecular weight is 253 g/mol. The minimum atomic E-state index is -0.855. The molecule has 0 radical (unpaired) electrons. The highest BCUT2D eigenvalue weighted by molar-refractivity contribution is 7.10. The Morgan fingerprint density at radius 3 is 3.00 bits per heavy atom. The molecule has 0 aliphatic carbocycles. The molecule has 1 saturated heterocycles. The summed E-state index contributed by atoms with van der Waals surface area (Å²) in [7, 11) is 0. The highest BCUT2D eigenvalue weighted by Gasteiger charge is 2.41. The van der Waals surface area contributed by atoms with Crippen LogP contribution in [0.5, 0.6) is 0 Å². The van der Waals surface area contributed by atoms with Crippen molar-refractivity contribution in [2.24, 2.45) is 0 Å². The molecule has 4 nitrogen and oxygen atoms in total. The van der Waals surface area contributed by atoms with E-state index in [0.29, 0.717) is 19.6 Å². The maximum atomic E-state index is 12.2. The second-order valence-electron chi connectivity index (χ2n) is 4.50. The molecule has 0 N–H and O–H groups in total. The number of cyclic esters (lactones) is 1. The molecule has 0 aromatic carbocycles. The van der Waals surface area contributed by atoms with E-state index >= 15 is 0 Å². The van der Waals surface area contributed by atoms with E-state index in [1.807, 2.05) is 17.5 Å². The first kappa shape index (κ1) is 12.1. The van der Waals surface area contributed by atoms with Crippen molar-refractivity contribution in [2.45, 2.75) is 25.8 Å². The van der Waals surface area contributed by atoms with Crippen molar-refractivity contribution in [1.29, 1.82) is 0 Å². The second-order valence-corrected chi connectivity index (χ2v) is 5.53. The minimum Gasteiger partial charge on any atom is -0.462 e. The minimum absolute atomic E-state index is 0.0194. The van der Waals surface area contributed by atoms with Crippen molar-refractivity contribution in [3.8, 4) is 0 Å². The van der Waals surface area contributed by atoms with Crippen LogP contribution < -0.4 is 0 Å². The summed E-state index contributed by atoms with van der Waals surface area (Å²) >= 11 is 1.55. The Morgan fingerprint density at radius 1 is 1.59 bits per heavy atom.